The van der Waals surface area contributed by atoms with E-state index in [1.54, 1.807) is 60.7 Å². The van der Waals surface area contributed by atoms with Crippen LogP contribution in [-0.4, -0.2) is 31.8 Å². The average molecular weight is 497 g/mol. The number of nitrogens with zero attached hydrogens (tertiary/aromatic N) is 1. The number of carbonyl (C=O) groups excluding carboxylic acids is 2. The molecule has 0 aliphatic rings. The number of rotatable bonds is 8. The number of hydrazone groups is 1. The van der Waals surface area contributed by atoms with E-state index in [4.69, 9.17) is 14.2 Å². The Morgan fingerprint density at radius 2 is 1.78 bits per heavy atom. The van der Waals surface area contributed by atoms with Crippen molar-refractivity contribution in [3.8, 4) is 17.2 Å². The summed E-state index contributed by atoms with van der Waals surface area (Å²) in [6, 6.07) is 18.7. The van der Waals surface area contributed by atoms with Crippen LogP contribution >= 0.6 is 15.9 Å². The summed E-state index contributed by atoms with van der Waals surface area (Å²) in [5, 5.41) is 3.98. The number of hydrogen-bond donors (Lipinski definition) is 1. The molecule has 0 saturated carbocycles. The molecule has 0 aromatic heterocycles. The summed E-state index contributed by atoms with van der Waals surface area (Å²) in [4.78, 5) is 24.7. The predicted molar refractivity (Wildman–Crippen MR) is 125 cm³/mol. The third-order valence-corrected chi connectivity index (χ3v) is 4.98. The molecule has 0 radical (unpaired) electrons. The van der Waals surface area contributed by atoms with Crippen LogP contribution in [0.2, 0.25) is 0 Å². The maximum absolute atomic E-state index is 12.4. The highest BCUT2D eigenvalue weighted by atomic mass is 79.9. The van der Waals surface area contributed by atoms with Crippen LogP contribution in [0.25, 0.3) is 0 Å². The second-order valence-electron chi connectivity index (χ2n) is 6.44. The van der Waals surface area contributed by atoms with Crippen LogP contribution in [0, 0.1) is 0 Å². The number of hydrogen-bond acceptors (Lipinski definition) is 6. The molecule has 1 amide bonds. The molecule has 0 atom stereocenters. The van der Waals surface area contributed by atoms with Gasteiger partial charge in [0.15, 0.2) is 11.5 Å². The van der Waals surface area contributed by atoms with Gasteiger partial charge in [-0.3, -0.25) is 4.79 Å². The Hall–Kier alpha value is -3.65. The third kappa shape index (κ3) is 5.95. The minimum atomic E-state index is -0.520. The van der Waals surface area contributed by atoms with E-state index in [1.807, 2.05) is 13.0 Å². The number of esters is 1. The molecule has 32 heavy (non-hydrogen) atoms. The summed E-state index contributed by atoms with van der Waals surface area (Å²) >= 11 is 3.33. The second kappa shape index (κ2) is 11.1. The average Bonchev–Trinajstić information content (AvgIpc) is 2.80. The molecule has 0 heterocycles. The molecule has 8 heteroatoms. The van der Waals surface area contributed by atoms with Gasteiger partial charge in [-0.2, -0.15) is 5.10 Å². The first-order valence-corrected chi connectivity index (χ1v) is 10.5. The molecule has 0 spiro atoms. The molecule has 0 unspecified atom stereocenters. The summed E-state index contributed by atoms with van der Waals surface area (Å²) in [7, 11) is 1.47. The lowest BCUT2D eigenvalue weighted by atomic mass is 10.2. The van der Waals surface area contributed by atoms with Crippen LogP contribution in [0.4, 0.5) is 0 Å². The van der Waals surface area contributed by atoms with Gasteiger partial charge in [0.25, 0.3) is 5.91 Å². The van der Waals surface area contributed by atoms with Crippen LogP contribution in [0.1, 0.15) is 33.2 Å². The number of ether oxygens (including phenoxy) is 3. The Morgan fingerprint density at radius 1 is 1.03 bits per heavy atom. The fourth-order valence-electron chi connectivity index (χ4n) is 2.73. The van der Waals surface area contributed by atoms with E-state index >= 15 is 0 Å². The molecule has 0 fully saturated rings. The number of halogens is 1. The predicted octanol–water partition coefficient (Wildman–Crippen LogP) is 4.84. The molecule has 0 bridgehead atoms. The van der Waals surface area contributed by atoms with E-state index in [-0.39, 0.29) is 11.7 Å². The Kier molecular flexibility index (Phi) is 7.99. The number of amides is 1. The van der Waals surface area contributed by atoms with Crippen molar-refractivity contribution in [2.24, 2.45) is 5.10 Å². The SMILES string of the molecule is CCOc1ccc(C(=O)Oc2ccc(/C=N/NC(=O)c3ccccc3Br)cc2OC)cc1. The Morgan fingerprint density at radius 3 is 2.47 bits per heavy atom. The number of methoxy groups -OCH3 is 1. The monoisotopic (exact) mass is 496 g/mol. The fourth-order valence-corrected chi connectivity index (χ4v) is 3.20. The lowest BCUT2D eigenvalue weighted by Gasteiger charge is -2.10. The largest absolute Gasteiger partial charge is 0.494 e. The molecule has 3 aromatic rings. The second-order valence-corrected chi connectivity index (χ2v) is 7.29. The van der Waals surface area contributed by atoms with Gasteiger partial charge in [-0.1, -0.05) is 12.1 Å². The summed E-state index contributed by atoms with van der Waals surface area (Å²) in [5.41, 5.74) is 3.98. The Bertz CT molecular complexity index is 1130. The summed E-state index contributed by atoms with van der Waals surface area (Å²) < 4.78 is 16.8. The molecule has 0 aliphatic heterocycles. The van der Waals surface area contributed by atoms with Crippen molar-refractivity contribution in [3.05, 3.63) is 87.9 Å². The van der Waals surface area contributed by atoms with Crippen molar-refractivity contribution < 1.29 is 23.8 Å². The quantitative estimate of drug-likeness (QED) is 0.208. The van der Waals surface area contributed by atoms with Crippen molar-refractivity contribution in [2.75, 3.05) is 13.7 Å². The molecule has 0 aliphatic carbocycles. The van der Waals surface area contributed by atoms with Crippen molar-refractivity contribution in [3.63, 3.8) is 0 Å². The van der Waals surface area contributed by atoms with E-state index < -0.39 is 5.97 Å². The van der Waals surface area contributed by atoms with E-state index in [0.29, 0.717) is 39.3 Å². The maximum atomic E-state index is 12.4. The summed E-state index contributed by atoms with van der Waals surface area (Å²) in [5.74, 6) is 0.429. The normalized spacial score (nSPS) is 10.6. The first kappa shape index (κ1) is 23.0. The van der Waals surface area contributed by atoms with Gasteiger partial charge < -0.3 is 14.2 Å². The Balaban J connectivity index is 1.66. The van der Waals surface area contributed by atoms with Crippen LogP contribution in [0.15, 0.2) is 76.3 Å². The topological polar surface area (TPSA) is 86.2 Å². The smallest absolute Gasteiger partial charge is 0.343 e. The zero-order valence-corrected chi connectivity index (χ0v) is 19.1. The molecule has 0 saturated heterocycles. The van der Waals surface area contributed by atoms with Gasteiger partial charge in [-0.15, -0.1) is 0 Å². The molecule has 3 rings (SSSR count). The van der Waals surface area contributed by atoms with Gasteiger partial charge in [0, 0.05) is 4.47 Å². The van der Waals surface area contributed by atoms with E-state index in [1.165, 1.54) is 13.3 Å². The molecular formula is C24H21BrN2O5. The first-order chi connectivity index (χ1) is 15.5. The van der Waals surface area contributed by atoms with Crippen molar-refractivity contribution >= 4 is 34.0 Å². The fraction of sp³-hybridized carbons (Fsp3) is 0.125. The highest BCUT2D eigenvalue weighted by molar-refractivity contribution is 9.10. The first-order valence-electron chi connectivity index (χ1n) is 9.72. The minimum Gasteiger partial charge on any atom is -0.494 e. The zero-order chi connectivity index (χ0) is 22.9. The van der Waals surface area contributed by atoms with Crippen molar-refractivity contribution in [1.29, 1.82) is 0 Å². The highest BCUT2D eigenvalue weighted by Gasteiger charge is 2.13. The van der Waals surface area contributed by atoms with Gasteiger partial charge in [-0.05, 0) is 83.0 Å². The van der Waals surface area contributed by atoms with Crippen molar-refractivity contribution in [1.82, 2.24) is 5.43 Å². The van der Waals surface area contributed by atoms with Crippen LogP contribution < -0.4 is 19.6 Å². The lowest BCUT2D eigenvalue weighted by molar-refractivity contribution is 0.0729. The van der Waals surface area contributed by atoms with Crippen molar-refractivity contribution in [2.45, 2.75) is 6.92 Å². The van der Waals surface area contributed by atoms with Crippen LogP contribution in [0.3, 0.4) is 0 Å². The molecule has 164 valence electrons. The molecule has 1 N–H and O–H groups in total. The highest BCUT2D eigenvalue weighted by Crippen LogP contribution is 2.28. The zero-order valence-electron chi connectivity index (χ0n) is 17.5. The molecular weight excluding hydrogens is 476 g/mol. The summed E-state index contributed by atoms with van der Waals surface area (Å²) in [6.45, 7) is 2.43. The van der Waals surface area contributed by atoms with Crippen LogP contribution in [0.5, 0.6) is 17.2 Å². The van der Waals surface area contributed by atoms with Gasteiger partial charge in [0.2, 0.25) is 0 Å². The number of nitrogens with one attached hydrogen (secondary N) is 1. The van der Waals surface area contributed by atoms with Gasteiger partial charge >= 0.3 is 5.97 Å². The van der Waals surface area contributed by atoms with E-state index in [9.17, 15) is 9.59 Å². The number of benzene rings is 3. The Labute approximate surface area is 194 Å². The van der Waals surface area contributed by atoms with Gasteiger partial charge in [0.1, 0.15) is 5.75 Å². The summed E-state index contributed by atoms with van der Waals surface area (Å²) in [6.07, 6.45) is 1.47. The maximum Gasteiger partial charge on any atom is 0.343 e. The lowest BCUT2D eigenvalue weighted by Crippen LogP contribution is -2.18. The van der Waals surface area contributed by atoms with E-state index in [2.05, 4.69) is 26.5 Å². The minimum absolute atomic E-state index is 0.265. The van der Waals surface area contributed by atoms with Gasteiger partial charge in [0.05, 0.1) is 31.1 Å². The standard InChI is InChI=1S/C24H21BrN2O5/c1-3-31-18-11-9-17(10-12-18)24(29)32-21-13-8-16(14-22(21)30-2)15-26-27-23(28)19-6-4-5-7-20(19)25/h4-15H,3H2,1-2H3,(H,27,28)/b26-15+. The molecule has 3 aromatic carbocycles. The van der Waals surface area contributed by atoms with Crippen LogP contribution in [-0.2, 0) is 0 Å². The van der Waals surface area contributed by atoms with E-state index in [0.717, 1.165) is 0 Å². The van der Waals surface area contributed by atoms with Gasteiger partial charge in [-0.25, -0.2) is 10.2 Å². The molecule has 7 nitrogen and oxygen atoms in total. The third-order valence-electron chi connectivity index (χ3n) is 4.29. The number of carbonyl (C=O) groups is 2.